The summed E-state index contributed by atoms with van der Waals surface area (Å²) in [7, 11) is 0. The molecule has 1 heterocycles. The van der Waals surface area contributed by atoms with Crippen molar-refractivity contribution in [1.82, 2.24) is 4.98 Å². The quantitative estimate of drug-likeness (QED) is 0.338. The number of hydrogen-bond acceptors (Lipinski definition) is 2. The van der Waals surface area contributed by atoms with Gasteiger partial charge in [0.2, 0.25) is 0 Å². The predicted molar refractivity (Wildman–Crippen MR) is 63.2 cm³/mol. The molecule has 0 fully saturated rings. The van der Waals surface area contributed by atoms with Crippen LogP contribution in [0.4, 0.5) is 0 Å². The van der Waals surface area contributed by atoms with Crippen molar-refractivity contribution >= 4 is 6.21 Å². The van der Waals surface area contributed by atoms with E-state index in [0.717, 1.165) is 15.9 Å². The maximum atomic E-state index is 11.6. The fraction of sp³-hybridized carbons (Fsp3) is 0.0769. The number of benzene rings is 1. The number of hydroxylamine groups is 1. The van der Waals surface area contributed by atoms with Gasteiger partial charge in [0.25, 0.3) is 0 Å². The van der Waals surface area contributed by atoms with E-state index in [9.17, 15) is 5.21 Å². The largest absolute Gasteiger partial charge is 0.624 e. The van der Waals surface area contributed by atoms with E-state index < -0.39 is 0 Å². The molecule has 1 aromatic heterocycles. The molecule has 80 valence electrons. The molecule has 3 heteroatoms. The lowest BCUT2D eigenvalue weighted by atomic mass is 10.2. The van der Waals surface area contributed by atoms with Gasteiger partial charge in [0.1, 0.15) is 0 Å². The second-order valence-electron chi connectivity index (χ2n) is 3.48. The molecule has 1 aromatic carbocycles. The molecule has 16 heavy (non-hydrogen) atoms. The lowest BCUT2D eigenvalue weighted by Crippen LogP contribution is -2.05. The second kappa shape index (κ2) is 5.07. The molecule has 0 atom stereocenters. The molecule has 0 aliphatic carbocycles. The van der Waals surface area contributed by atoms with Crippen molar-refractivity contribution in [3.05, 3.63) is 71.2 Å². The fourth-order valence-corrected chi connectivity index (χ4v) is 1.43. The normalized spacial score (nSPS) is 11.4. The standard InChI is InChI=1S/C13H12N2O/c16-15(10-12-5-2-1-3-6-12)11-13-7-4-8-14-9-13/h1-9,11H,10H2/b15-11-. The minimum atomic E-state index is 0.357. The monoisotopic (exact) mass is 212 g/mol. The Morgan fingerprint density at radius 1 is 1.12 bits per heavy atom. The van der Waals surface area contributed by atoms with Crippen molar-refractivity contribution in [2.24, 2.45) is 0 Å². The Labute approximate surface area is 94.3 Å². The third kappa shape index (κ3) is 2.92. The summed E-state index contributed by atoms with van der Waals surface area (Å²) in [5.41, 5.74) is 1.81. The van der Waals surface area contributed by atoms with Crippen LogP contribution in [0.1, 0.15) is 11.1 Å². The Bertz CT molecular complexity index is 466. The van der Waals surface area contributed by atoms with Gasteiger partial charge in [0, 0.05) is 18.0 Å². The van der Waals surface area contributed by atoms with Crippen molar-refractivity contribution in [2.75, 3.05) is 0 Å². The summed E-state index contributed by atoms with van der Waals surface area (Å²) >= 11 is 0. The average Bonchev–Trinajstić information content (AvgIpc) is 2.31. The molecule has 0 radical (unpaired) electrons. The highest BCUT2D eigenvalue weighted by atomic mass is 16.5. The third-order valence-corrected chi connectivity index (χ3v) is 2.16. The zero-order chi connectivity index (χ0) is 11.2. The van der Waals surface area contributed by atoms with Crippen LogP contribution in [0.15, 0.2) is 54.9 Å². The molecule has 2 rings (SSSR count). The van der Waals surface area contributed by atoms with Crippen molar-refractivity contribution in [3.8, 4) is 0 Å². The maximum absolute atomic E-state index is 11.6. The van der Waals surface area contributed by atoms with E-state index in [1.807, 2.05) is 42.5 Å². The van der Waals surface area contributed by atoms with Crippen LogP contribution in [0.3, 0.4) is 0 Å². The van der Waals surface area contributed by atoms with Crippen molar-refractivity contribution in [3.63, 3.8) is 0 Å². The van der Waals surface area contributed by atoms with Crippen LogP contribution in [0.25, 0.3) is 0 Å². The Morgan fingerprint density at radius 3 is 2.62 bits per heavy atom. The van der Waals surface area contributed by atoms with Gasteiger partial charge in [-0.05, 0) is 12.1 Å². The molecule has 0 bridgehead atoms. The van der Waals surface area contributed by atoms with Gasteiger partial charge in [0.05, 0.1) is 5.56 Å². The van der Waals surface area contributed by atoms with Crippen LogP contribution in [0.5, 0.6) is 0 Å². The fourth-order valence-electron chi connectivity index (χ4n) is 1.43. The Balaban J connectivity index is 2.09. The number of hydrogen-bond donors (Lipinski definition) is 0. The summed E-state index contributed by atoms with van der Waals surface area (Å²) < 4.78 is 0.909. The minimum Gasteiger partial charge on any atom is -0.624 e. The Morgan fingerprint density at radius 2 is 1.94 bits per heavy atom. The second-order valence-corrected chi connectivity index (χ2v) is 3.48. The van der Waals surface area contributed by atoms with Gasteiger partial charge in [0.15, 0.2) is 12.8 Å². The van der Waals surface area contributed by atoms with E-state index in [1.165, 1.54) is 0 Å². The molecule has 3 nitrogen and oxygen atoms in total. The first-order valence-corrected chi connectivity index (χ1v) is 5.07. The number of pyridine rings is 1. The highest BCUT2D eigenvalue weighted by Gasteiger charge is 1.98. The molecule has 0 aliphatic rings. The summed E-state index contributed by atoms with van der Waals surface area (Å²) in [6.07, 6.45) is 4.89. The summed E-state index contributed by atoms with van der Waals surface area (Å²) in [5, 5.41) is 11.6. The third-order valence-electron chi connectivity index (χ3n) is 2.16. The Kier molecular flexibility index (Phi) is 3.28. The number of aromatic nitrogens is 1. The van der Waals surface area contributed by atoms with E-state index in [1.54, 1.807) is 18.6 Å². The minimum absolute atomic E-state index is 0.357. The van der Waals surface area contributed by atoms with Gasteiger partial charge in [-0.15, -0.1) is 0 Å². The lowest BCUT2D eigenvalue weighted by Gasteiger charge is -2.03. The van der Waals surface area contributed by atoms with Gasteiger partial charge in [-0.2, -0.15) is 0 Å². The van der Waals surface area contributed by atoms with Gasteiger partial charge < -0.3 is 5.21 Å². The topological polar surface area (TPSA) is 39.0 Å². The molecule has 0 aliphatic heterocycles. The van der Waals surface area contributed by atoms with Crippen molar-refractivity contribution in [1.29, 1.82) is 0 Å². The highest BCUT2D eigenvalue weighted by Crippen LogP contribution is 2.00. The van der Waals surface area contributed by atoms with E-state index >= 15 is 0 Å². The molecule has 0 spiro atoms. The molecule has 0 unspecified atom stereocenters. The molecule has 0 saturated heterocycles. The van der Waals surface area contributed by atoms with Crippen LogP contribution in [0.2, 0.25) is 0 Å². The smallest absolute Gasteiger partial charge is 0.183 e. The van der Waals surface area contributed by atoms with Gasteiger partial charge in [-0.1, -0.05) is 30.3 Å². The van der Waals surface area contributed by atoms with Gasteiger partial charge in [-0.25, -0.2) is 4.74 Å². The SMILES string of the molecule is [O-]/[N+](=C\c1cccnc1)Cc1ccccc1. The highest BCUT2D eigenvalue weighted by molar-refractivity contribution is 5.74. The summed E-state index contributed by atoms with van der Waals surface area (Å²) in [6.45, 7) is 0.357. The molecule has 0 amide bonds. The average molecular weight is 212 g/mol. The zero-order valence-corrected chi connectivity index (χ0v) is 8.78. The number of nitrogens with zero attached hydrogens (tertiary/aromatic N) is 2. The maximum Gasteiger partial charge on any atom is 0.183 e. The van der Waals surface area contributed by atoms with E-state index in [0.29, 0.717) is 6.54 Å². The van der Waals surface area contributed by atoms with E-state index in [-0.39, 0.29) is 0 Å². The summed E-state index contributed by atoms with van der Waals surface area (Å²) in [6, 6.07) is 13.3. The van der Waals surface area contributed by atoms with Crippen LogP contribution in [-0.2, 0) is 6.54 Å². The van der Waals surface area contributed by atoms with Crippen molar-refractivity contribution in [2.45, 2.75) is 6.54 Å². The Hall–Kier alpha value is -2.16. The lowest BCUT2D eigenvalue weighted by molar-refractivity contribution is -0.469. The van der Waals surface area contributed by atoms with Gasteiger partial charge >= 0.3 is 0 Å². The van der Waals surface area contributed by atoms with Crippen LogP contribution < -0.4 is 0 Å². The first kappa shape index (κ1) is 10.4. The predicted octanol–water partition coefficient (Wildman–Crippen LogP) is 2.21. The van der Waals surface area contributed by atoms with Crippen LogP contribution in [-0.4, -0.2) is 15.9 Å². The van der Waals surface area contributed by atoms with Crippen LogP contribution in [0, 0.1) is 5.21 Å². The first-order valence-electron chi connectivity index (χ1n) is 5.07. The van der Waals surface area contributed by atoms with Crippen LogP contribution >= 0.6 is 0 Å². The first-order chi connectivity index (χ1) is 7.84. The summed E-state index contributed by atoms with van der Waals surface area (Å²) in [4.78, 5) is 3.95. The molecular weight excluding hydrogens is 200 g/mol. The molecular formula is C13H12N2O. The molecule has 2 aromatic rings. The molecule has 0 saturated carbocycles. The van der Waals surface area contributed by atoms with E-state index in [2.05, 4.69) is 4.98 Å². The zero-order valence-electron chi connectivity index (χ0n) is 8.78. The summed E-state index contributed by atoms with van der Waals surface area (Å²) in [5.74, 6) is 0. The van der Waals surface area contributed by atoms with Gasteiger partial charge in [-0.3, -0.25) is 4.98 Å². The van der Waals surface area contributed by atoms with Crippen molar-refractivity contribution < 1.29 is 4.74 Å². The number of rotatable bonds is 3. The van der Waals surface area contributed by atoms with E-state index in [4.69, 9.17) is 0 Å². The molecule has 0 N–H and O–H groups in total.